The first-order valence-electron chi connectivity index (χ1n) is 7.73. The molecule has 100 valence electrons. The Bertz CT molecular complexity index is 205. The zero-order valence-corrected chi connectivity index (χ0v) is 11.5. The Labute approximate surface area is 107 Å². The summed E-state index contributed by atoms with van der Waals surface area (Å²) < 4.78 is 6.52. The molecular weight excluding hydrogens is 210 g/mol. The van der Waals surface area contributed by atoms with Crippen molar-refractivity contribution in [3.05, 3.63) is 0 Å². The summed E-state index contributed by atoms with van der Waals surface area (Å²) in [5.41, 5.74) is 0.192. The predicted molar refractivity (Wildman–Crippen MR) is 72.3 cm³/mol. The minimum atomic E-state index is 0.192. The quantitative estimate of drug-likeness (QED) is 0.714. The van der Waals surface area contributed by atoms with Crippen LogP contribution in [0.5, 0.6) is 0 Å². The predicted octanol–water partition coefficient (Wildman–Crippen LogP) is 3.65. The molecule has 0 aromatic heterocycles. The normalized spacial score (nSPS) is 25.2. The minimum Gasteiger partial charge on any atom is -0.370 e. The van der Waals surface area contributed by atoms with E-state index in [1.165, 1.54) is 64.2 Å². The summed E-state index contributed by atoms with van der Waals surface area (Å²) in [7, 11) is 0. The van der Waals surface area contributed by atoms with Crippen molar-refractivity contribution in [2.24, 2.45) is 0 Å². The highest BCUT2D eigenvalue weighted by molar-refractivity contribution is 4.90. The Balaban J connectivity index is 1.82. The van der Waals surface area contributed by atoms with E-state index in [1.54, 1.807) is 0 Å². The topological polar surface area (TPSA) is 21.3 Å². The Morgan fingerprint density at radius 2 is 1.76 bits per heavy atom. The van der Waals surface area contributed by atoms with Gasteiger partial charge in [-0.2, -0.15) is 0 Å². The molecule has 0 atom stereocenters. The number of nitrogens with one attached hydrogen (secondary N) is 1. The van der Waals surface area contributed by atoms with Gasteiger partial charge in [0.05, 0.1) is 11.7 Å². The van der Waals surface area contributed by atoms with Crippen LogP contribution in [-0.4, -0.2) is 24.8 Å². The third-order valence-corrected chi connectivity index (χ3v) is 4.36. The van der Waals surface area contributed by atoms with Crippen molar-refractivity contribution in [2.75, 3.05) is 13.1 Å². The Morgan fingerprint density at radius 1 is 1.06 bits per heavy atom. The second-order valence-corrected chi connectivity index (χ2v) is 5.94. The molecule has 0 radical (unpaired) electrons. The van der Waals surface area contributed by atoms with Crippen molar-refractivity contribution in [1.82, 2.24) is 5.32 Å². The maximum Gasteiger partial charge on any atom is 0.0810 e. The number of rotatable bonds is 6. The van der Waals surface area contributed by atoms with Gasteiger partial charge in [0, 0.05) is 6.54 Å². The molecule has 2 rings (SSSR count). The molecule has 0 saturated heterocycles. The maximum absolute atomic E-state index is 6.52. The molecule has 2 nitrogen and oxygen atoms in total. The molecule has 0 aromatic rings. The molecule has 0 heterocycles. The lowest BCUT2D eigenvalue weighted by atomic mass is 9.95. The fraction of sp³-hybridized carbons (Fsp3) is 1.00. The zero-order valence-electron chi connectivity index (χ0n) is 11.5. The van der Waals surface area contributed by atoms with E-state index in [0.717, 1.165) is 13.1 Å². The minimum absolute atomic E-state index is 0.192. The van der Waals surface area contributed by atoms with Gasteiger partial charge >= 0.3 is 0 Å². The van der Waals surface area contributed by atoms with Crippen LogP contribution in [0.15, 0.2) is 0 Å². The summed E-state index contributed by atoms with van der Waals surface area (Å²) in [6, 6.07) is 0. The summed E-state index contributed by atoms with van der Waals surface area (Å²) in [6.45, 7) is 4.45. The molecule has 2 aliphatic rings. The SMILES string of the molecule is CCCNCC1(OC2CCCCC2)CCCC1. The fourth-order valence-corrected chi connectivity index (χ4v) is 3.39. The third kappa shape index (κ3) is 3.96. The van der Waals surface area contributed by atoms with Crippen molar-refractivity contribution in [1.29, 1.82) is 0 Å². The molecule has 0 aliphatic heterocycles. The molecule has 1 N–H and O–H groups in total. The van der Waals surface area contributed by atoms with E-state index < -0.39 is 0 Å². The van der Waals surface area contributed by atoms with Crippen LogP contribution >= 0.6 is 0 Å². The van der Waals surface area contributed by atoms with E-state index in [4.69, 9.17) is 4.74 Å². The summed E-state index contributed by atoms with van der Waals surface area (Å²) in [5, 5.41) is 3.58. The Hall–Kier alpha value is -0.0800. The summed E-state index contributed by atoms with van der Waals surface area (Å²) >= 11 is 0. The molecule has 0 amide bonds. The van der Waals surface area contributed by atoms with Gasteiger partial charge in [0.2, 0.25) is 0 Å². The van der Waals surface area contributed by atoms with Crippen LogP contribution in [0.3, 0.4) is 0 Å². The van der Waals surface area contributed by atoms with E-state index in [1.807, 2.05) is 0 Å². The highest BCUT2D eigenvalue weighted by atomic mass is 16.5. The molecule has 0 spiro atoms. The smallest absolute Gasteiger partial charge is 0.0810 e. The van der Waals surface area contributed by atoms with Crippen LogP contribution in [0.1, 0.15) is 71.1 Å². The first-order valence-corrected chi connectivity index (χ1v) is 7.73. The van der Waals surface area contributed by atoms with Crippen molar-refractivity contribution in [2.45, 2.75) is 82.8 Å². The molecule has 2 fully saturated rings. The van der Waals surface area contributed by atoms with E-state index >= 15 is 0 Å². The van der Waals surface area contributed by atoms with Gasteiger partial charge in [0.15, 0.2) is 0 Å². The van der Waals surface area contributed by atoms with E-state index in [9.17, 15) is 0 Å². The molecule has 2 aliphatic carbocycles. The van der Waals surface area contributed by atoms with Gasteiger partial charge < -0.3 is 10.1 Å². The molecule has 17 heavy (non-hydrogen) atoms. The van der Waals surface area contributed by atoms with Gasteiger partial charge in [-0.1, -0.05) is 39.0 Å². The van der Waals surface area contributed by atoms with Gasteiger partial charge in [-0.15, -0.1) is 0 Å². The number of ether oxygens (including phenoxy) is 1. The lowest BCUT2D eigenvalue weighted by Gasteiger charge is -2.36. The largest absolute Gasteiger partial charge is 0.370 e. The first-order chi connectivity index (χ1) is 8.35. The van der Waals surface area contributed by atoms with Gasteiger partial charge in [-0.25, -0.2) is 0 Å². The summed E-state index contributed by atoms with van der Waals surface area (Å²) in [5.74, 6) is 0. The van der Waals surface area contributed by atoms with Crippen molar-refractivity contribution < 1.29 is 4.74 Å². The lowest BCUT2D eigenvalue weighted by molar-refractivity contribution is -0.1000. The van der Waals surface area contributed by atoms with Crippen LogP contribution in [-0.2, 0) is 4.74 Å². The molecular formula is C15H29NO. The molecule has 2 saturated carbocycles. The van der Waals surface area contributed by atoms with Gasteiger partial charge in [-0.3, -0.25) is 0 Å². The molecule has 0 bridgehead atoms. The van der Waals surface area contributed by atoms with E-state index in [2.05, 4.69) is 12.2 Å². The molecule has 0 aromatic carbocycles. The van der Waals surface area contributed by atoms with Gasteiger partial charge in [0.1, 0.15) is 0 Å². The van der Waals surface area contributed by atoms with Crippen LogP contribution in [0.2, 0.25) is 0 Å². The summed E-state index contributed by atoms with van der Waals surface area (Å²) in [6.07, 6.45) is 13.8. The first kappa shape index (κ1) is 13.4. The van der Waals surface area contributed by atoms with Crippen molar-refractivity contribution in [3.8, 4) is 0 Å². The Morgan fingerprint density at radius 3 is 2.41 bits per heavy atom. The highest BCUT2D eigenvalue weighted by Gasteiger charge is 2.36. The third-order valence-electron chi connectivity index (χ3n) is 4.36. The standard InChI is InChI=1S/C15H29NO/c1-2-12-16-13-15(10-6-7-11-15)17-14-8-4-3-5-9-14/h14,16H,2-13H2,1H3. The van der Waals surface area contributed by atoms with E-state index in [-0.39, 0.29) is 5.60 Å². The monoisotopic (exact) mass is 239 g/mol. The van der Waals surface area contributed by atoms with Crippen LogP contribution < -0.4 is 5.32 Å². The fourth-order valence-electron chi connectivity index (χ4n) is 3.39. The zero-order chi connectivity index (χ0) is 12.0. The number of hydrogen-bond donors (Lipinski definition) is 1. The van der Waals surface area contributed by atoms with Gasteiger partial charge in [-0.05, 0) is 38.6 Å². The van der Waals surface area contributed by atoms with Crippen LogP contribution in [0.25, 0.3) is 0 Å². The van der Waals surface area contributed by atoms with Crippen LogP contribution in [0.4, 0.5) is 0 Å². The van der Waals surface area contributed by atoms with E-state index in [0.29, 0.717) is 6.10 Å². The summed E-state index contributed by atoms with van der Waals surface area (Å²) in [4.78, 5) is 0. The average molecular weight is 239 g/mol. The maximum atomic E-state index is 6.52. The number of hydrogen-bond acceptors (Lipinski definition) is 2. The highest BCUT2D eigenvalue weighted by Crippen LogP contribution is 2.36. The van der Waals surface area contributed by atoms with Gasteiger partial charge in [0.25, 0.3) is 0 Å². The second kappa shape index (κ2) is 6.75. The average Bonchev–Trinajstić information content (AvgIpc) is 2.80. The second-order valence-electron chi connectivity index (χ2n) is 5.94. The van der Waals surface area contributed by atoms with Crippen molar-refractivity contribution >= 4 is 0 Å². The molecule has 2 heteroatoms. The molecule has 0 unspecified atom stereocenters. The Kier molecular flexibility index (Phi) is 5.30. The van der Waals surface area contributed by atoms with Crippen molar-refractivity contribution in [3.63, 3.8) is 0 Å². The lowest BCUT2D eigenvalue weighted by Crippen LogP contribution is -2.44. The van der Waals surface area contributed by atoms with Crippen LogP contribution in [0, 0.1) is 0 Å².